The van der Waals surface area contributed by atoms with Crippen molar-refractivity contribution in [2.45, 2.75) is 19.8 Å². The highest BCUT2D eigenvalue weighted by atomic mass is 19.3. The molecule has 0 saturated carbocycles. The van der Waals surface area contributed by atoms with Crippen molar-refractivity contribution in [3.05, 3.63) is 16.6 Å². The van der Waals surface area contributed by atoms with Crippen molar-refractivity contribution in [3.8, 4) is 0 Å². The van der Waals surface area contributed by atoms with Crippen LogP contribution in [-0.4, -0.2) is 13.0 Å². The van der Waals surface area contributed by atoms with Gasteiger partial charge in [0.1, 0.15) is 6.54 Å². The Balaban J connectivity index is 3.57. The van der Waals surface area contributed by atoms with Crippen LogP contribution in [0.15, 0.2) is 16.8 Å². The van der Waals surface area contributed by atoms with E-state index in [9.17, 15) is 13.7 Å². The van der Waals surface area contributed by atoms with Crippen molar-refractivity contribution >= 4 is 0 Å². The van der Waals surface area contributed by atoms with Crippen LogP contribution in [0.3, 0.4) is 0 Å². The summed E-state index contributed by atoms with van der Waals surface area (Å²) in [5, 5.41) is 2.55. The van der Waals surface area contributed by atoms with Gasteiger partial charge in [0.05, 0.1) is 0 Å². The molecule has 0 aliphatic carbocycles. The molecule has 0 aliphatic rings. The predicted octanol–water partition coefficient (Wildman–Crippen LogP) is 2.35. The van der Waals surface area contributed by atoms with E-state index >= 15 is 0 Å². The number of nitrogens with zero attached hydrogens (tertiary/aromatic N) is 1. The summed E-state index contributed by atoms with van der Waals surface area (Å²) in [7, 11) is 0. The minimum absolute atomic E-state index is 0.00667. The van der Waals surface area contributed by atoms with E-state index in [4.69, 9.17) is 0 Å². The molecule has 0 spiro atoms. The number of rotatable bonds is 4. The molecule has 0 heterocycles. The molecule has 0 unspecified atom stereocenters. The van der Waals surface area contributed by atoms with Crippen LogP contribution in [0.4, 0.5) is 8.78 Å². The molecule has 0 amide bonds. The molecule has 0 aliphatic heterocycles. The lowest BCUT2D eigenvalue weighted by molar-refractivity contribution is 0.152. The molecule has 0 N–H and O–H groups in total. The summed E-state index contributed by atoms with van der Waals surface area (Å²) in [4.78, 5) is 9.58. The first-order chi connectivity index (χ1) is 4.66. The van der Waals surface area contributed by atoms with Gasteiger partial charge < -0.3 is 0 Å². The lowest BCUT2D eigenvalue weighted by Gasteiger charge is -1.92. The Labute approximate surface area is 57.9 Å². The first-order valence-electron chi connectivity index (χ1n) is 2.89. The summed E-state index contributed by atoms with van der Waals surface area (Å²) in [5.41, 5.74) is 0.593. The molecule has 0 saturated heterocycles. The Bertz CT molecular complexity index is 134. The van der Waals surface area contributed by atoms with Crippen LogP contribution in [0.1, 0.15) is 13.3 Å². The molecule has 0 atom stereocenters. The number of nitroso groups, excluding NO2 is 1. The van der Waals surface area contributed by atoms with Crippen LogP contribution in [0, 0.1) is 4.91 Å². The molecule has 0 aromatic rings. The average molecular weight is 149 g/mol. The topological polar surface area (TPSA) is 29.4 Å². The summed E-state index contributed by atoms with van der Waals surface area (Å²) in [6, 6.07) is 0. The van der Waals surface area contributed by atoms with Crippen LogP contribution in [-0.2, 0) is 0 Å². The highest BCUT2D eigenvalue weighted by molar-refractivity contribution is 5.00. The van der Waals surface area contributed by atoms with Gasteiger partial charge in [-0.2, -0.15) is 4.91 Å². The van der Waals surface area contributed by atoms with Gasteiger partial charge >= 0.3 is 0 Å². The monoisotopic (exact) mass is 149 g/mol. The molecule has 0 radical (unpaired) electrons. The number of alkyl halides is 2. The van der Waals surface area contributed by atoms with Crippen molar-refractivity contribution in [1.29, 1.82) is 0 Å². The number of hydrogen-bond acceptors (Lipinski definition) is 2. The maximum Gasteiger partial charge on any atom is 0.242 e. The van der Waals surface area contributed by atoms with Gasteiger partial charge in [-0.05, 0) is 6.92 Å². The quantitative estimate of drug-likeness (QED) is 0.445. The standard InChI is InChI=1S/C6H9F2NO/c1-5(4-9-10)2-3-6(7)8/h2,6H,3-4H2,1H3/b5-2+. The lowest BCUT2D eigenvalue weighted by Crippen LogP contribution is -1.88. The Morgan fingerprint density at radius 2 is 2.30 bits per heavy atom. The third-order valence-electron chi connectivity index (χ3n) is 0.958. The molecule has 0 fully saturated rings. The second-order valence-electron chi connectivity index (χ2n) is 1.96. The molecule has 0 bridgehead atoms. The van der Waals surface area contributed by atoms with Gasteiger partial charge in [0.25, 0.3) is 0 Å². The zero-order valence-electron chi connectivity index (χ0n) is 5.68. The van der Waals surface area contributed by atoms with Gasteiger partial charge in [0.2, 0.25) is 6.43 Å². The van der Waals surface area contributed by atoms with Gasteiger partial charge in [-0.3, -0.25) is 0 Å². The third kappa shape index (κ3) is 5.34. The molecular weight excluding hydrogens is 140 g/mol. The number of hydrogen-bond donors (Lipinski definition) is 0. The molecular formula is C6H9F2NO. The molecule has 10 heavy (non-hydrogen) atoms. The maximum absolute atomic E-state index is 11.5. The summed E-state index contributed by atoms with van der Waals surface area (Å²) < 4.78 is 23.0. The second kappa shape index (κ2) is 5.02. The summed E-state index contributed by atoms with van der Waals surface area (Å²) in [6.07, 6.45) is -1.30. The minimum atomic E-state index is -2.33. The average Bonchev–Trinajstić information content (AvgIpc) is 1.85. The molecule has 0 rings (SSSR count). The summed E-state index contributed by atoms with van der Waals surface area (Å²) in [5.74, 6) is 0. The zero-order chi connectivity index (χ0) is 7.98. The molecule has 0 aromatic heterocycles. The summed E-state index contributed by atoms with van der Waals surface area (Å²) >= 11 is 0. The van der Waals surface area contributed by atoms with Gasteiger partial charge in [-0.1, -0.05) is 16.8 Å². The van der Waals surface area contributed by atoms with E-state index in [-0.39, 0.29) is 13.0 Å². The van der Waals surface area contributed by atoms with Gasteiger partial charge in [0.15, 0.2) is 0 Å². The Kier molecular flexibility index (Phi) is 4.62. The predicted molar refractivity (Wildman–Crippen MR) is 35.0 cm³/mol. The molecule has 0 aromatic carbocycles. The number of halogens is 2. The van der Waals surface area contributed by atoms with Gasteiger partial charge in [0, 0.05) is 6.42 Å². The van der Waals surface area contributed by atoms with Crippen LogP contribution in [0.25, 0.3) is 0 Å². The second-order valence-corrected chi connectivity index (χ2v) is 1.96. The Morgan fingerprint density at radius 3 is 2.70 bits per heavy atom. The first kappa shape index (κ1) is 9.20. The lowest BCUT2D eigenvalue weighted by atomic mass is 10.2. The van der Waals surface area contributed by atoms with E-state index < -0.39 is 6.43 Å². The number of allylic oxidation sites excluding steroid dienone is 1. The van der Waals surface area contributed by atoms with Crippen LogP contribution >= 0.6 is 0 Å². The van der Waals surface area contributed by atoms with Crippen molar-refractivity contribution in [2.24, 2.45) is 5.18 Å². The van der Waals surface area contributed by atoms with Crippen molar-refractivity contribution in [2.75, 3.05) is 6.54 Å². The van der Waals surface area contributed by atoms with E-state index in [1.807, 2.05) is 0 Å². The minimum Gasteiger partial charge on any atom is -0.210 e. The van der Waals surface area contributed by atoms with Crippen molar-refractivity contribution < 1.29 is 8.78 Å². The normalized spacial score (nSPS) is 12.2. The third-order valence-corrected chi connectivity index (χ3v) is 0.958. The van der Waals surface area contributed by atoms with Gasteiger partial charge in [-0.15, -0.1) is 0 Å². The van der Waals surface area contributed by atoms with Crippen molar-refractivity contribution in [1.82, 2.24) is 0 Å². The SMILES string of the molecule is C/C(=C\CC(F)F)CN=O. The van der Waals surface area contributed by atoms with Crippen LogP contribution in [0.2, 0.25) is 0 Å². The van der Waals surface area contributed by atoms with E-state index in [0.29, 0.717) is 5.57 Å². The first-order valence-corrected chi connectivity index (χ1v) is 2.89. The van der Waals surface area contributed by atoms with Gasteiger partial charge in [-0.25, -0.2) is 8.78 Å². The fourth-order valence-corrected chi connectivity index (χ4v) is 0.457. The smallest absolute Gasteiger partial charge is 0.210 e. The van der Waals surface area contributed by atoms with E-state index in [1.165, 1.54) is 6.08 Å². The molecule has 4 heteroatoms. The zero-order valence-corrected chi connectivity index (χ0v) is 5.68. The maximum atomic E-state index is 11.5. The van der Waals surface area contributed by atoms with E-state index in [0.717, 1.165) is 0 Å². The highest BCUT2D eigenvalue weighted by Crippen LogP contribution is 2.03. The van der Waals surface area contributed by atoms with Crippen molar-refractivity contribution in [3.63, 3.8) is 0 Å². The fraction of sp³-hybridized carbons (Fsp3) is 0.667. The fourth-order valence-electron chi connectivity index (χ4n) is 0.457. The highest BCUT2D eigenvalue weighted by Gasteiger charge is 1.98. The Morgan fingerprint density at radius 1 is 1.70 bits per heavy atom. The largest absolute Gasteiger partial charge is 0.242 e. The van der Waals surface area contributed by atoms with E-state index in [2.05, 4.69) is 5.18 Å². The van der Waals surface area contributed by atoms with E-state index in [1.54, 1.807) is 6.92 Å². The summed E-state index contributed by atoms with van der Waals surface area (Å²) in [6.45, 7) is 1.61. The van der Waals surface area contributed by atoms with Crippen LogP contribution < -0.4 is 0 Å². The Hall–Kier alpha value is -0.800. The van der Waals surface area contributed by atoms with Crippen LogP contribution in [0.5, 0.6) is 0 Å². The molecule has 58 valence electrons. The molecule has 2 nitrogen and oxygen atoms in total.